The number of rotatable bonds is 8. The van der Waals surface area contributed by atoms with Crippen molar-refractivity contribution in [3.63, 3.8) is 0 Å². The number of benzene rings is 1. The predicted octanol–water partition coefficient (Wildman–Crippen LogP) is 2.50. The van der Waals surface area contributed by atoms with Gasteiger partial charge in [0.15, 0.2) is 0 Å². The van der Waals surface area contributed by atoms with E-state index in [1.807, 2.05) is 24.0 Å². The zero-order valence-electron chi connectivity index (χ0n) is 13.7. The van der Waals surface area contributed by atoms with Crippen LogP contribution < -0.4 is 10.5 Å². The van der Waals surface area contributed by atoms with Gasteiger partial charge >= 0.3 is 5.97 Å². The summed E-state index contributed by atoms with van der Waals surface area (Å²) in [6, 6.07) is 7.19. The van der Waals surface area contributed by atoms with E-state index in [0.29, 0.717) is 16.9 Å². The first-order chi connectivity index (χ1) is 11.1. The molecule has 0 aliphatic carbocycles. The van der Waals surface area contributed by atoms with Crippen molar-refractivity contribution in [1.82, 2.24) is 9.55 Å². The van der Waals surface area contributed by atoms with E-state index in [9.17, 15) is 9.59 Å². The van der Waals surface area contributed by atoms with Gasteiger partial charge in [-0.05, 0) is 25.5 Å². The Morgan fingerprint density at radius 2 is 2.04 bits per heavy atom. The molecular weight excluding hydrogens is 294 g/mol. The lowest BCUT2D eigenvalue weighted by molar-refractivity contribution is -0.137. The number of hydrogen-bond donors (Lipinski definition) is 1. The highest BCUT2D eigenvalue weighted by Crippen LogP contribution is 2.16. The van der Waals surface area contributed by atoms with Crippen LogP contribution in [0.1, 0.15) is 33.1 Å². The van der Waals surface area contributed by atoms with Gasteiger partial charge in [0.2, 0.25) is 5.95 Å². The van der Waals surface area contributed by atoms with Gasteiger partial charge in [0.1, 0.15) is 0 Å². The van der Waals surface area contributed by atoms with E-state index in [1.165, 1.54) is 4.57 Å². The highest BCUT2D eigenvalue weighted by molar-refractivity contribution is 5.78. The molecule has 1 heterocycles. The van der Waals surface area contributed by atoms with E-state index >= 15 is 0 Å². The quantitative estimate of drug-likeness (QED) is 0.809. The molecule has 6 heteroatoms. The van der Waals surface area contributed by atoms with Gasteiger partial charge < -0.3 is 10.0 Å². The molecule has 0 fully saturated rings. The lowest BCUT2D eigenvalue weighted by Crippen LogP contribution is -2.34. The van der Waals surface area contributed by atoms with Gasteiger partial charge in [-0.2, -0.15) is 0 Å². The van der Waals surface area contributed by atoms with Crippen molar-refractivity contribution in [2.45, 2.75) is 39.7 Å². The molecule has 0 aliphatic rings. The molecule has 23 heavy (non-hydrogen) atoms. The van der Waals surface area contributed by atoms with Crippen LogP contribution in [0.3, 0.4) is 0 Å². The SMILES string of the molecule is CCCCN(CC)c1nc2ccccc2c(=O)n1CCC(=O)O. The summed E-state index contributed by atoms with van der Waals surface area (Å²) in [5, 5.41) is 9.48. The fourth-order valence-electron chi connectivity index (χ4n) is 2.56. The number of fused-ring (bicyclic) bond motifs is 1. The largest absolute Gasteiger partial charge is 0.481 e. The summed E-state index contributed by atoms with van der Waals surface area (Å²) in [6.45, 7) is 5.77. The molecule has 0 amide bonds. The zero-order valence-corrected chi connectivity index (χ0v) is 13.7. The number of nitrogens with zero attached hydrogens (tertiary/aromatic N) is 3. The second kappa shape index (κ2) is 7.76. The van der Waals surface area contributed by atoms with Crippen LogP contribution in [0.25, 0.3) is 10.9 Å². The summed E-state index contributed by atoms with van der Waals surface area (Å²) in [4.78, 5) is 30.4. The van der Waals surface area contributed by atoms with Gasteiger partial charge in [-0.25, -0.2) is 4.98 Å². The monoisotopic (exact) mass is 317 g/mol. The molecule has 0 aliphatic heterocycles. The molecule has 2 rings (SSSR count). The fraction of sp³-hybridized carbons (Fsp3) is 0.471. The number of anilines is 1. The molecule has 1 aromatic heterocycles. The van der Waals surface area contributed by atoms with Crippen molar-refractivity contribution in [2.75, 3.05) is 18.0 Å². The maximum atomic E-state index is 12.8. The molecule has 0 bridgehead atoms. The fourth-order valence-corrected chi connectivity index (χ4v) is 2.56. The second-order valence-electron chi connectivity index (χ2n) is 5.46. The molecule has 1 aromatic carbocycles. The molecule has 2 aromatic rings. The average Bonchev–Trinajstić information content (AvgIpc) is 2.55. The smallest absolute Gasteiger partial charge is 0.305 e. The van der Waals surface area contributed by atoms with Gasteiger partial charge in [0, 0.05) is 19.6 Å². The molecule has 0 saturated heterocycles. The van der Waals surface area contributed by atoms with Crippen LogP contribution >= 0.6 is 0 Å². The number of hydrogen-bond acceptors (Lipinski definition) is 4. The molecule has 1 N–H and O–H groups in total. The Morgan fingerprint density at radius 3 is 2.70 bits per heavy atom. The summed E-state index contributed by atoms with van der Waals surface area (Å²) in [6.07, 6.45) is 1.94. The Balaban J connectivity index is 2.56. The number of aromatic nitrogens is 2. The maximum Gasteiger partial charge on any atom is 0.305 e. The van der Waals surface area contributed by atoms with Gasteiger partial charge in [-0.3, -0.25) is 14.2 Å². The number of aliphatic carboxylic acids is 1. The van der Waals surface area contributed by atoms with E-state index in [4.69, 9.17) is 5.11 Å². The van der Waals surface area contributed by atoms with Crippen LogP contribution in [0.15, 0.2) is 29.1 Å². The van der Waals surface area contributed by atoms with Crippen molar-refractivity contribution in [3.8, 4) is 0 Å². The van der Waals surface area contributed by atoms with Crippen LogP contribution in [-0.2, 0) is 11.3 Å². The topological polar surface area (TPSA) is 75.4 Å². The maximum absolute atomic E-state index is 12.8. The lowest BCUT2D eigenvalue weighted by Gasteiger charge is -2.25. The van der Waals surface area contributed by atoms with Crippen molar-refractivity contribution in [3.05, 3.63) is 34.6 Å². The van der Waals surface area contributed by atoms with Crippen LogP contribution in [0.4, 0.5) is 5.95 Å². The second-order valence-corrected chi connectivity index (χ2v) is 5.46. The number of carboxylic acids is 1. The van der Waals surface area contributed by atoms with E-state index < -0.39 is 5.97 Å². The average molecular weight is 317 g/mol. The first-order valence-electron chi connectivity index (χ1n) is 8.04. The minimum Gasteiger partial charge on any atom is -0.481 e. The number of carbonyl (C=O) groups is 1. The molecule has 0 unspecified atom stereocenters. The number of carboxylic acid groups (broad SMARTS) is 1. The molecular formula is C17H23N3O3. The Bertz CT molecular complexity index is 739. The Hall–Kier alpha value is -2.37. The number of para-hydroxylation sites is 1. The zero-order chi connectivity index (χ0) is 16.8. The normalized spacial score (nSPS) is 10.9. The van der Waals surface area contributed by atoms with Crippen molar-refractivity contribution in [2.24, 2.45) is 0 Å². The minimum atomic E-state index is -0.924. The first kappa shape index (κ1) is 17.0. The van der Waals surface area contributed by atoms with E-state index in [0.717, 1.165) is 25.9 Å². The Kier molecular flexibility index (Phi) is 5.73. The lowest BCUT2D eigenvalue weighted by atomic mass is 10.2. The van der Waals surface area contributed by atoms with Gasteiger partial charge in [0.05, 0.1) is 17.3 Å². The van der Waals surface area contributed by atoms with E-state index in [2.05, 4.69) is 11.9 Å². The molecule has 6 nitrogen and oxygen atoms in total. The molecule has 0 atom stereocenters. The number of unbranched alkanes of at least 4 members (excludes halogenated alkanes) is 1. The van der Waals surface area contributed by atoms with Crippen LogP contribution in [-0.4, -0.2) is 33.7 Å². The third kappa shape index (κ3) is 3.88. The minimum absolute atomic E-state index is 0.0989. The predicted molar refractivity (Wildman–Crippen MR) is 91.1 cm³/mol. The summed E-state index contributed by atoms with van der Waals surface area (Å²) < 4.78 is 1.50. The van der Waals surface area contributed by atoms with Gasteiger partial charge in [-0.1, -0.05) is 25.5 Å². The van der Waals surface area contributed by atoms with E-state index in [1.54, 1.807) is 12.1 Å². The summed E-state index contributed by atoms with van der Waals surface area (Å²) in [7, 11) is 0. The first-order valence-corrected chi connectivity index (χ1v) is 8.04. The summed E-state index contributed by atoms with van der Waals surface area (Å²) in [5.41, 5.74) is 0.468. The Morgan fingerprint density at radius 1 is 1.30 bits per heavy atom. The van der Waals surface area contributed by atoms with Crippen LogP contribution in [0.2, 0.25) is 0 Å². The van der Waals surface area contributed by atoms with E-state index in [-0.39, 0.29) is 18.5 Å². The molecule has 0 saturated carbocycles. The van der Waals surface area contributed by atoms with Gasteiger partial charge in [-0.15, -0.1) is 0 Å². The van der Waals surface area contributed by atoms with Crippen LogP contribution in [0, 0.1) is 0 Å². The Labute approximate surface area is 135 Å². The highest BCUT2D eigenvalue weighted by Gasteiger charge is 2.16. The summed E-state index contributed by atoms with van der Waals surface area (Å²) >= 11 is 0. The standard InChI is InChI=1S/C17H23N3O3/c1-3-5-11-19(4-2)17-18-14-9-7-6-8-13(14)16(23)20(17)12-10-15(21)22/h6-9H,3-5,10-12H2,1-2H3,(H,21,22). The van der Waals surface area contributed by atoms with Crippen molar-refractivity contribution >= 4 is 22.8 Å². The molecule has 0 spiro atoms. The van der Waals surface area contributed by atoms with Gasteiger partial charge in [0.25, 0.3) is 5.56 Å². The highest BCUT2D eigenvalue weighted by atomic mass is 16.4. The third-order valence-corrected chi connectivity index (χ3v) is 3.84. The molecule has 0 radical (unpaired) electrons. The van der Waals surface area contributed by atoms with Crippen molar-refractivity contribution in [1.29, 1.82) is 0 Å². The summed E-state index contributed by atoms with van der Waals surface area (Å²) in [5.74, 6) is -0.362. The van der Waals surface area contributed by atoms with Crippen LogP contribution in [0.5, 0.6) is 0 Å². The van der Waals surface area contributed by atoms with Crippen molar-refractivity contribution < 1.29 is 9.90 Å². The third-order valence-electron chi connectivity index (χ3n) is 3.84. The molecule has 124 valence electrons.